The molecule has 0 spiro atoms. The monoisotopic (exact) mass is 304 g/mol. The summed E-state index contributed by atoms with van der Waals surface area (Å²) in [5.74, 6) is 0.771. The molecule has 0 aliphatic carbocycles. The number of aliphatic hydroxyl groups is 1. The lowest BCUT2D eigenvalue weighted by atomic mass is 10.1. The topological polar surface area (TPSA) is 83.7 Å². The molecule has 0 saturated carbocycles. The zero-order chi connectivity index (χ0) is 15.6. The summed E-state index contributed by atoms with van der Waals surface area (Å²) in [7, 11) is 0. The van der Waals surface area contributed by atoms with E-state index in [-0.39, 0.29) is 6.03 Å². The molecule has 3 N–H and O–H groups in total. The molecule has 6 heteroatoms. The first-order chi connectivity index (χ1) is 10.8. The Morgan fingerprint density at radius 2 is 1.95 bits per heavy atom. The molecule has 1 atom stereocenters. The molecule has 1 unspecified atom stereocenters. The number of nitrogens with one attached hydrogen (secondary N) is 2. The fourth-order valence-corrected chi connectivity index (χ4v) is 1.87. The quantitative estimate of drug-likeness (QED) is 0.652. The largest absolute Gasteiger partial charge is 0.492 e. The van der Waals surface area contributed by atoms with Crippen LogP contribution in [-0.4, -0.2) is 30.8 Å². The van der Waals surface area contributed by atoms with Gasteiger partial charge >= 0.3 is 6.03 Å². The molecule has 22 heavy (non-hydrogen) atoms. The Hall–Kier alpha value is -2.47. The average molecular weight is 304 g/mol. The molecule has 2 amide bonds. The lowest BCUT2D eigenvalue weighted by Crippen LogP contribution is -2.38. The molecule has 2 rings (SSSR count). The molecule has 6 nitrogen and oxygen atoms in total. The average Bonchev–Trinajstić information content (AvgIpc) is 3.07. The summed E-state index contributed by atoms with van der Waals surface area (Å²) < 4.78 is 10.3. The standard InChI is InChI=1S/C16H20N2O4/c19-15(13-7-10-21-12-13)6-8-17-16(20)18-9-11-22-14-4-2-1-3-5-14/h1-5,7,10,12,15,19H,6,8-9,11H2,(H2,17,18,20). The molecule has 1 aromatic carbocycles. The second kappa shape index (κ2) is 8.74. The Labute approximate surface area is 129 Å². The highest BCUT2D eigenvalue weighted by atomic mass is 16.5. The van der Waals surface area contributed by atoms with Gasteiger partial charge in [-0.2, -0.15) is 0 Å². The SMILES string of the molecule is O=C(NCCOc1ccccc1)NCCC(O)c1ccoc1. The smallest absolute Gasteiger partial charge is 0.314 e. The van der Waals surface area contributed by atoms with Crippen molar-refractivity contribution in [1.82, 2.24) is 10.6 Å². The highest BCUT2D eigenvalue weighted by molar-refractivity contribution is 5.73. The van der Waals surface area contributed by atoms with Crippen molar-refractivity contribution in [2.75, 3.05) is 19.7 Å². The molecule has 0 fully saturated rings. The molecule has 0 aliphatic rings. The van der Waals surface area contributed by atoms with Gasteiger partial charge in [0.15, 0.2) is 0 Å². The first-order valence-electron chi connectivity index (χ1n) is 7.15. The van der Waals surface area contributed by atoms with Crippen LogP contribution >= 0.6 is 0 Å². The lowest BCUT2D eigenvalue weighted by Gasteiger charge is -2.11. The summed E-state index contributed by atoms with van der Waals surface area (Å²) in [5, 5.41) is 15.2. The van der Waals surface area contributed by atoms with Gasteiger partial charge in [0.05, 0.1) is 25.2 Å². The second-order valence-corrected chi connectivity index (χ2v) is 4.71. The third-order valence-corrected chi connectivity index (χ3v) is 3.03. The second-order valence-electron chi connectivity index (χ2n) is 4.71. The summed E-state index contributed by atoms with van der Waals surface area (Å²) >= 11 is 0. The van der Waals surface area contributed by atoms with Crippen LogP contribution in [0.25, 0.3) is 0 Å². The van der Waals surface area contributed by atoms with Crippen molar-refractivity contribution in [2.45, 2.75) is 12.5 Å². The van der Waals surface area contributed by atoms with Gasteiger partial charge in [0.25, 0.3) is 0 Å². The zero-order valence-corrected chi connectivity index (χ0v) is 12.2. The number of hydrogen-bond donors (Lipinski definition) is 3. The predicted molar refractivity (Wildman–Crippen MR) is 81.6 cm³/mol. The van der Waals surface area contributed by atoms with Crippen LogP contribution in [-0.2, 0) is 0 Å². The molecule has 2 aromatic rings. The minimum absolute atomic E-state index is 0.281. The van der Waals surface area contributed by atoms with Crippen LogP contribution in [0.2, 0.25) is 0 Å². The Morgan fingerprint density at radius 3 is 2.68 bits per heavy atom. The van der Waals surface area contributed by atoms with Crippen molar-refractivity contribution >= 4 is 6.03 Å². The van der Waals surface area contributed by atoms with Gasteiger partial charge in [0.2, 0.25) is 0 Å². The van der Waals surface area contributed by atoms with E-state index in [0.717, 1.165) is 5.75 Å². The van der Waals surface area contributed by atoms with Gasteiger partial charge in [0.1, 0.15) is 12.4 Å². The van der Waals surface area contributed by atoms with Crippen molar-refractivity contribution in [3.63, 3.8) is 0 Å². The normalized spacial score (nSPS) is 11.7. The molecule has 0 radical (unpaired) electrons. The van der Waals surface area contributed by atoms with Crippen molar-refractivity contribution in [3.8, 4) is 5.75 Å². The van der Waals surface area contributed by atoms with Gasteiger partial charge in [-0.05, 0) is 24.6 Å². The number of carbonyl (C=O) groups is 1. The van der Waals surface area contributed by atoms with Crippen LogP contribution in [0.4, 0.5) is 4.79 Å². The van der Waals surface area contributed by atoms with E-state index in [9.17, 15) is 9.90 Å². The van der Waals surface area contributed by atoms with Crippen molar-refractivity contribution in [3.05, 3.63) is 54.5 Å². The van der Waals surface area contributed by atoms with E-state index in [0.29, 0.717) is 31.7 Å². The van der Waals surface area contributed by atoms with Gasteiger partial charge in [0, 0.05) is 12.1 Å². The van der Waals surface area contributed by atoms with Crippen molar-refractivity contribution in [1.29, 1.82) is 0 Å². The molecule has 1 heterocycles. The zero-order valence-electron chi connectivity index (χ0n) is 12.2. The van der Waals surface area contributed by atoms with Gasteiger partial charge in [-0.15, -0.1) is 0 Å². The third kappa shape index (κ3) is 5.49. The Morgan fingerprint density at radius 1 is 1.18 bits per heavy atom. The number of hydrogen-bond acceptors (Lipinski definition) is 4. The van der Waals surface area contributed by atoms with Gasteiger partial charge in [-0.1, -0.05) is 18.2 Å². The fraction of sp³-hybridized carbons (Fsp3) is 0.312. The Bertz CT molecular complexity index is 543. The number of para-hydroxylation sites is 1. The number of furan rings is 1. The minimum atomic E-state index is -0.638. The van der Waals surface area contributed by atoms with E-state index in [1.54, 1.807) is 6.07 Å². The molecule has 0 saturated heterocycles. The maximum atomic E-state index is 11.5. The fourth-order valence-electron chi connectivity index (χ4n) is 1.87. The summed E-state index contributed by atoms with van der Waals surface area (Å²) in [5.41, 5.74) is 0.707. The molecule has 118 valence electrons. The Kier molecular flexibility index (Phi) is 6.32. The van der Waals surface area contributed by atoms with E-state index in [1.165, 1.54) is 12.5 Å². The summed E-state index contributed by atoms with van der Waals surface area (Å²) in [6.07, 6.45) is 2.78. The van der Waals surface area contributed by atoms with E-state index in [1.807, 2.05) is 30.3 Å². The van der Waals surface area contributed by atoms with Gasteiger partial charge < -0.3 is 24.9 Å². The lowest BCUT2D eigenvalue weighted by molar-refractivity contribution is 0.166. The highest BCUT2D eigenvalue weighted by Crippen LogP contribution is 2.15. The maximum absolute atomic E-state index is 11.5. The molecular weight excluding hydrogens is 284 g/mol. The number of benzene rings is 1. The maximum Gasteiger partial charge on any atom is 0.314 e. The summed E-state index contributed by atoms with van der Waals surface area (Å²) in [6.45, 7) is 1.18. The van der Waals surface area contributed by atoms with E-state index in [2.05, 4.69) is 10.6 Å². The van der Waals surface area contributed by atoms with Crippen LogP contribution in [0, 0.1) is 0 Å². The predicted octanol–water partition coefficient (Wildman–Crippen LogP) is 2.08. The van der Waals surface area contributed by atoms with Crippen LogP contribution in [0.1, 0.15) is 18.1 Å². The van der Waals surface area contributed by atoms with E-state index >= 15 is 0 Å². The molecule has 0 aliphatic heterocycles. The third-order valence-electron chi connectivity index (χ3n) is 3.03. The van der Waals surface area contributed by atoms with E-state index < -0.39 is 6.10 Å². The van der Waals surface area contributed by atoms with Gasteiger partial charge in [-0.25, -0.2) is 4.79 Å². The van der Waals surface area contributed by atoms with Crippen LogP contribution in [0.5, 0.6) is 5.75 Å². The number of rotatable bonds is 8. The van der Waals surface area contributed by atoms with Gasteiger partial charge in [-0.3, -0.25) is 0 Å². The van der Waals surface area contributed by atoms with Crippen LogP contribution in [0.3, 0.4) is 0 Å². The highest BCUT2D eigenvalue weighted by Gasteiger charge is 2.09. The van der Waals surface area contributed by atoms with E-state index in [4.69, 9.17) is 9.15 Å². The van der Waals surface area contributed by atoms with Crippen LogP contribution in [0.15, 0.2) is 53.3 Å². The molecule has 0 bridgehead atoms. The van der Waals surface area contributed by atoms with Crippen molar-refractivity contribution < 1.29 is 19.1 Å². The number of urea groups is 1. The molecule has 1 aromatic heterocycles. The number of ether oxygens (including phenoxy) is 1. The summed E-state index contributed by atoms with van der Waals surface area (Å²) in [6, 6.07) is 10.8. The first-order valence-corrected chi connectivity index (χ1v) is 7.15. The minimum Gasteiger partial charge on any atom is -0.492 e. The Balaban J connectivity index is 1.53. The number of carbonyl (C=O) groups excluding carboxylic acids is 1. The number of amides is 2. The summed E-state index contributed by atoms with van der Waals surface area (Å²) in [4.78, 5) is 11.5. The first kappa shape index (κ1) is 15.9. The number of aliphatic hydroxyl groups excluding tert-OH is 1. The van der Waals surface area contributed by atoms with Crippen LogP contribution < -0.4 is 15.4 Å². The molecular formula is C16H20N2O4. The van der Waals surface area contributed by atoms with Crippen molar-refractivity contribution in [2.24, 2.45) is 0 Å².